The Morgan fingerprint density at radius 3 is 3.13 bits per heavy atom. The first-order chi connectivity index (χ1) is 11.2. The molecular weight excluding hydrogens is 310 g/mol. The van der Waals surface area contributed by atoms with E-state index in [0.717, 1.165) is 41.4 Å². The third-order valence-corrected chi connectivity index (χ3v) is 4.84. The van der Waals surface area contributed by atoms with Gasteiger partial charge in [-0.05, 0) is 30.4 Å². The van der Waals surface area contributed by atoms with E-state index in [9.17, 15) is 4.79 Å². The first-order valence-electron chi connectivity index (χ1n) is 7.44. The zero-order valence-corrected chi connectivity index (χ0v) is 13.4. The maximum absolute atomic E-state index is 12.7. The molecule has 0 saturated heterocycles. The van der Waals surface area contributed by atoms with Crippen molar-refractivity contribution in [3.8, 4) is 11.3 Å². The van der Waals surface area contributed by atoms with Gasteiger partial charge in [0.2, 0.25) is 0 Å². The van der Waals surface area contributed by atoms with Crippen LogP contribution < -0.4 is 5.32 Å². The molecule has 3 heterocycles. The Bertz CT molecular complexity index is 869. The highest BCUT2D eigenvalue weighted by Crippen LogP contribution is 2.29. The second-order valence-corrected chi connectivity index (χ2v) is 6.31. The predicted octanol–water partition coefficient (Wildman–Crippen LogP) is 2.58. The molecule has 1 aliphatic rings. The zero-order valence-electron chi connectivity index (χ0n) is 12.6. The molecule has 1 unspecified atom stereocenters. The van der Waals surface area contributed by atoms with E-state index < -0.39 is 0 Å². The van der Waals surface area contributed by atoms with Crippen molar-refractivity contribution in [2.45, 2.75) is 25.9 Å². The summed E-state index contributed by atoms with van der Waals surface area (Å²) >= 11 is 1.13. The maximum Gasteiger partial charge on any atom is 0.265 e. The third-order valence-electron chi connectivity index (χ3n) is 4.12. The van der Waals surface area contributed by atoms with Crippen LogP contribution in [0, 0.1) is 6.92 Å². The monoisotopic (exact) mass is 325 g/mol. The van der Waals surface area contributed by atoms with E-state index in [4.69, 9.17) is 0 Å². The Hall–Kier alpha value is -2.54. The largest absolute Gasteiger partial charge is 0.341 e. The van der Waals surface area contributed by atoms with Crippen molar-refractivity contribution in [3.05, 3.63) is 52.9 Å². The average molecular weight is 325 g/mol. The normalized spacial score (nSPS) is 16.3. The van der Waals surface area contributed by atoms with Crippen molar-refractivity contribution < 1.29 is 4.79 Å². The van der Waals surface area contributed by atoms with Crippen molar-refractivity contribution in [1.82, 2.24) is 24.5 Å². The summed E-state index contributed by atoms with van der Waals surface area (Å²) in [6, 6.07) is 7.83. The summed E-state index contributed by atoms with van der Waals surface area (Å²) in [6.45, 7) is 2.88. The van der Waals surface area contributed by atoms with Gasteiger partial charge in [-0.1, -0.05) is 28.8 Å². The van der Waals surface area contributed by atoms with E-state index in [1.807, 2.05) is 37.4 Å². The van der Waals surface area contributed by atoms with Crippen LogP contribution in [-0.4, -0.2) is 25.0 Å². The Morgan fingerprint density at radius 2 is 2.26 bits per heavy atom. The number of aromatic nitrogens is 4. The van der Waals surface area contributed by atoms with E-state index in [2.05, 4.69) is 24.5 Å². The quantitative estimate of drug-likeness (QED) is 0.803. The number of nitrogens with one attached hydrogen (secondary N) is 1. The molecule has 1 atom stereocenters. The summed E-state index contributed by atoms with van der Waals surface area (Å²) in [7, 11) is 0. The number of fused-ring (bicyclic) bond motifs is 1. The van der Waals surface area contributed by atoms with Crippen molar-refractivity contribution in [2.75, 3.05) is 0 Å². The molecule has 4 rings (SSSR count). The van der Waals surface area contributed by atoms with Crippen LogP contribution in [0.1, 0.15) is 33.5 Å². The molecule has 3 aromatic rings. The van der Waals surface area contributed by atoms with E-state index in [1.54, 1.807) is 6.20 Å². The highest BCUT2D eigenvalue weighted by atomic mass is 32.1. The van der Waals surface area contributed by atoms with E-state index in [0.29, 0.717) is 10.6 Å². The third kappa shape index (κ3) is 2.43. The molecule has 0 saturated carbocycles. The molecule has 1 N–H and O–H groups in total. The van der Waals surface area contributed by atoms with Crippen molar-refractivity contribution in [3.63, 3.8) is 0 Å². The first-order valence-corrected chi connectivity index (χ1v) is 8.21. The number of aryl methyl sites for hydroxylation is 2. The summed E-state index contributed by atoms with van der Waals surface area (Å²) in [4.78, 5) is 17.6. The molecule has 23 heavy (non-hydrogen) atoms. The summed E-state index contributed by atoms with van der Waals surface area (Å²) in [6.07, 6.45) is 4.57. The summed E-state index contributed by atoms with van der Waals surface area (Å²) in [5, 5.41) is 7.23. The fraction of sp³-hybridized carbons (Fsp3) is 0.250. The SMILES string of the molecule is Cc1ccccc1-c1nnsc1C(=O)NC1CCn2ccnc21. The summed E-state index contributed by atoms with van der Waals surface area (Å²) in [5.74, 6) is 0.771. The van der Waals surface area contributed by atoms with Gasteiger partial charge in [-0.2, -0.15) is 0 Å². The summed E-state index contributed by atoms with van der Waals surface area (Å²) in [5.41, 5.74) is 2.66. The smallest absolute Gasteiger partial charge is 0.265 e. The first kappa shape index (κ1) is 14.1. The van der Waals surface area contributed by atoms with Crippen LogP contribution in [0.3, 0.4) is 0 Å². The van der Waals surface area contributed by atoms with Crippen molar-refractivity contribution in [1.29, 1.82) is 0 Å². The molecule has 2 aromatic heterocycles. The van der Waals surface area contributed by atoms with E-state index in [1.165, 1.54) is 0 Å². The molecule has 1 aromatic carbocycles. The average Bonchev–Trinajstić information content (AvgIpc) is 3.25. The lowest BCUT2D eigenvalue weighted by Crippen LogP contribution is -2.27. The molecule has 0 spiro atoms. The van der Waals surface area contributed by atoms with Crippen molar-refractivity contribution >= 4 is 17.4 Å². The van der Waals surface area contributed by atoms with Crippen LogP contribution in [0.2, 0.25) is 0 Å². The fourth-order valence-corrected chi connectivity index (χ4v) is 3.52. The molecule has 0 bridgehead atoms. The van der Waals surface area contributed by atoms with Crippen LogP contribution in [0.15, 0.2) is 36.7 Å². The zero-order chi connectivity index (χ0) is 15.8. The number of carbonyl (C=O) groups excluding carboxylic acids is 1. The number of benzene rings is 1. The molecule has 0 aliphatic carbocycles. The number of nitrogens with zero attached hydrogens (tertiary/aromatic N) is 4. The van der Waals surface area contributed by atoms with Gasteiger partial charge in [-0.3, -0.25) is 4.79 Å². The molecule has 0 radical (unpaired) electrons. The van der Waals surface area contributed by atoms with Gasteiger partial charge in [0.05, 0.1) is 6.04 Å². The second kappa shape index (κ2) is 5.58. The topological polar surface area (TPSA) is 72.7 Å². The second-order valence-electron chi connectivity index (χ2n) is 5.56. The molecule has 1 amide bonds. The van der Waals surface area contributed by atoms with Crippen LogP contribution in [-0.2, 0) is 6.54 Å². The Balaban J connectivity index is 1.61. The number of hydrogen-bond acceptors (Lipinski definition) is 5. The van der Waals surface area contributed by atoms with E-state index in [-0.39, 0.29) is 11.9 Å². The minimum Gasteiger partial charge on any atom is -0.341 e. The standard InChI is InChI=1S/C16H15N5OS/c1-10-4-2-3-5-11(10)13-14(23-20-19-13)16(22)18-12-6-8-21-9-7-17-15(12)21/h2-5,7,9,12H,6,8H2,1H3,(H,18,22). The predicted molar refractivity (Wildman–Crippen MR) is 87.1 cm³/mol. The molecule has 6 nitrogen and oxygen atoms in total. The van der Waals surface area contributed by atoms with Gasteiger partial charge in [0.25, 0.3) is 5.91 Å². The molecule has 7 heteroatoms. The number of hydrogen-bond donors (Lipinski definition) is 1. The Labute approximate surface area is 137 Å². The van der Waals surface area contributed by atoms with Gasteiger partial charge in [0.1, 0.15) is 16.4 Å². The van der Waals surface area contributed by atoms with Crippen LogP contribution in [0.5, 0.6) is 0 Å². The number of amides is 1. The number of imidazole rings is 1. The van der Waals surface area contributed by atoms with Gasteiger partial charge in [0.15, 0.2) is 0 Å². The van der Waals surface area contributed by atoms with Crippen LogP contribution in [0.4, 0.5) is 0 Å². The van der Waals surface area contributed by atoms with Crippen LogP contribution in [0.25, 0.3) is 11.3 Å². The Morgan fingerprint density at radius 1 is 1.39 bits per heavy atom. The molecular formula is C16H15N5OS. The molecule has 1 aliphatic heterocycles. The van der Waals surface area contributed by atoms with E-state index >= 15 is 0 Å². The van der Waals surface area contributed by atoms with Crippen molar-refractivity contribution in [2.24, 2.45) is 0 Å². The molecule has 0 fully saturated rings. The van der Waals surface area contributed by atoms with Gasteiger partial charge >= 0.3 is 0 Å². The lowest BCUT2D eigenvalue weighted by molar-refractivity contribution is 0.0940. The lowest BCUT2D eigenvalue weighted by atomic mass is 10.0. The van der Waals surface area contributed by atoms with Gasteiger partial charge in [-0.15, -0.1) is 5.10 Å². The maximum atomic E-state index is 12.7. The van der Waals surface area contributed by atoms with Gasteiger partial charge in [-0.25, -0.2) is 4.98 Å². The van der Waals surface area contributed by atoms with Crippen LogP contribution >= 0.6 is 11.5 Å². The van der Waals surface area contributed by atoms with Gasteiger partial charge in [0, 0.05) is 24.5 Å². The number of carbonyl (C=O) groups is 1. The Kier molecular flexibility index (Phi) is 3.42. The number of rotatable bonds is 3. The van der Waals surface area contributed by atoms with Gasteiger partial charge < -0.3 is 9.88 Å². The highest BCUT2D eigenvalue weighted by Gasteiger charge is 2.27. The lowest BCUT2D eigenvalue weighted by Gasteiger charge is -2.11. The fourth-order valence-electron chi connectivity index (χ4n) is 2.93. The molecule has 116 valence electrons. The highest BCUT2D eigenvalue weighted by molar-refractivity contribution is 7.08. The minimum absolute atomic E-state index is 0.0516. The summed E-state index contributed by atoms with van der Waals surface area (Å²) < 4.78 is 6.05. The minimum atomic E-state index is -0.139.